The van der Waals surface area contributed by atoms with Crippen molar-refractivity contribution in [2.45, 2.75) is 20.0 Å². The Labute approximate surface area is 106 Å². The van der Waals surface area contributed by atoms with Crippen molar-refractivity contribution >= 4 is 11.6 Å². The molecule has 19 heavy (non-hydrogen) atoms. The summed E-state index contributed by atoms with van der Waals surface area (Å²) in [7, 11) is 0. The summed E-state index contributed by atoms with van der Waals surface area (Å²) in [6, 6.07) is 1.84. The standard InChI is InChI=1S/C12H11F3N2O2/c1-3-19-11(18)10-7(2)17-5-4-8(12(13,14)15)6-9(17)16-10/h4-6H,3H2,1-2H3. The van der Waals surface area contributed by atoms with Gasteiger partial charge in [0.25, 0.3) is 0 Å². The topological polar surface area (TPSA) is 43.6 Å². The molecule has 7 heteroatoms. The van der Waals surface area contributed by atoms with Crippen LogP contribution in [0.25, 0.3) is 5.65 Å². The second kappa shape index (κ2) is 4.56. The molecule has 2 aromatic heterocycles. The van der Waals surface area contributed by atoms with Crippen LogP contribution < -0.4 is 0 Å². The van der Waals surface area contributed by atoms with Gasteiger partial charge in [0, 0.05) is 6.20 Å². The van der Waals surface area contributed by atoms with Crippen LogP contribution in [0, 0.1) is 6.92 Å². The Morgan fingerprint density at radius 2 is 2.16 bits per heavy atom. The van der Waals surface area contributed by atoms with E-state index >= 15 is 0 Å². The lowest BCUT2D eigenvalue weighted by Crippen LogP contribution is -2.06. The number of carbonyl (C=O) groups is 1. The fraction of sp³-hybridized carbons (Fsp3) is 0.333. The first-order chi connectivity index (χ1) is 8.84. The van der Waals surface area contributed by atoms with E-state index in [1.807, 2.05) is 0 Å². The van der Waals surface area contributed by atoms with Crippen molar-refractivity contribution in [1.29, 1.82) is 0 Å². The van der Waals surface area contributed by atoms with Gasteiger partial charge in [-0.25, -0.2) is 9.78 Å². The van der Waals surface area contributed by atoms with Gasteiger partial charge in [0.1, 0.15) is 5.65 Å². The van der Waals surface area contributed by atoms with Gasteiger partial charge in [0.15, 0.2) is 5.69 Å². The zero-order valence-electron chi connectivity index (χ0n) is 10.3. The van der Waals surface area contributed by atoms with Gasteiger partial charge in [-0.15, -0.1) is 0 Å². The third kappa shape index (κ3) is 2.40. The van der Waals surface area contributed by atoms with Crippen LogP contribution >= 0.6 is 0 Å². The molecule has 0 saturated heterocycles. The number of imidazole rings is 1. The molecule has 2 aromatic rings. The van der Waals surface area contributed by atoms with Crippen LogP contribution in [0.2, 0.25) is 0 Å². The molecule has 0 saturated carbocycles. The largest absolute Gasteiger partial charge is 0.461 e. The molecule has 0 N–H and O–H groups in total. The molecule has 0 aliphatic carbocycles. The SMILES string of the molecule is CCOC(=O)c1nc2cc(C(F)(F)F)ccn2c1C. The maximum Gasteiger partial charge on any atom is 0.416 e. The van der Waals surface area contributed by atoms with Crippen LogP contribution in [0.1, 0.15) is 28.7 Å². The Balaban J connectivity index is 2.54. The zero-order valence-corrected chi connectivity index (χ0v) is 10.3. The molecular formula is C12H11F3N2O2. The Hall–Kier alpha value is -2.05. The van der Waals surface area contributed by atoms with Crippen LogP contribution in [0.5, 0.6) is 0 Å². The summed E-state index contributed by atoms with van der Waals surface area (Å²) in [6.45, 7) is 3.42. The Morgan fingerprint density at radius 1 is 1.47 bits per heavy atom. The van der Waals surface area contributed by atoms with Crippen molar-refractivity contribution in [3.8, 4) is 0 Å². The second-order valence-corrected chi connectivity index (χ2v) is 3.91. The van der Waals surface area contributed by atoms with Crippen molar-refractivity contribution in [3.05, 3.63) is 35.3 Å². The van der Waals surface area contributed by atoms with E-state index in [0.29, 0.717) is 5.69 Å². The highest BCUT2D eigenvalue weighted by Gasteiger charge is 2.31. The predicted octanol–water partition coefficient (Wildman–Crippen LogP) is 2.84. The molecule has 0 aliphatic heterocycles. The lowest BCUT2D eigenvalue weighted by Gasteiger charge is -2.06. The normalized spacial score (nSPS) is 11.8. The fourth-order valence-electron chi connectivity index (χ4n) is 1.74. The van der Waals surface area contributed by atoms with Crippen LogP contribution in [0.15, 0.2) is 18.3 Å². The number of nitrogens with zero attached hydrogens (tertiary/aromatic N) is 2. The van der Waals surface area contributed by atoms with Gasteiger partial charge in [-0.1, -0.05) is 0 Å². The van der Waals surface area contributed by atoms with Crippen molar-refractivity contribution < 1.29 is 22.7 Å². The summed E-state index contributed by atoms with van der Waals surface area (Å²) in [5.74, 6) is -0.641. The van der Waals surface area contributed by atoms with Crippen molar-refractivity contribution in [2.24, 2.45) is 0 Å². The van der Waals surface area contributed by atoms with Crippen molar-refractivity contribution in [1.82, 2.24) is 9.38 Å². The number of esters is 1. The quantitative estimate of drug-likeness (QED) is 0.789. The average molecular weight is 272 g/mol. The van der Waals surface area contributed by atoms with Crippen LogP contribution in [0.3, 0.4) is 0 Å². The third-order valence-electron chi connectivity index (χ3n) is 2.66. The highest BCUT2D eigenvalue weighted by atomic mass is 19.4. The zero-order chi connectivity index (χ0) is 14.2. The highest BCUT2D eigenvalue weighted by Crippen LogP contribution is 2.30. The summed E-state index contributed by atoms with van der Waals surface area (Å²) in [5.41, 5.74) is -0.265. The molecule has 0 spiro atoms. The van der Waals surface area contributed by atoms with Crippen LogP contribution in [0.4, 0.5) is 13.2 Å². The number of carbonyl (C=O) groups excluding carboxylic acids is 1. The first-order valence-corrected chi connectivity index (χ1v) is 5.57. The van der Waals surface area contributed by atoms with Crippen LogP contribution in [-0.4, -0.2) is 22.0 Å². The van der Waals surface area contributed by atoms with Crippen molar-refractivity contribution in [2.75, 3.05) is 6.61 Å². The Kier molecular flexibility index (Phi) is 3.21. The summed E-state index contributed by atoms with van der Waals surface area (Å²) in [5, 5.41) is 0. The van der Waals surface area contributed by atoms with Gasteiger partial charge < -0.3 is 9.14 Å². The fourth-order valence-corrected chi connectivity index (χ4v) is 1.74. The molecule has 0 fully saturated rings. The maximum absolute atomic E-state index is 12.6. The molecule has 0 amide bonds. The molecule has 102 valence electrons. The van der Waals surface area contributed by atoms with Gasteiger partial charge in [0.2, 0.25) is 0 Å². The number of pyridine rings is 1. The molecule has 4 nitrogen and oxygen atoms in total. The van der Waals surface area contributed by atoms with E-state index in [4.69, 9.17) is 4.74 Å². The number of rotatable bonds is 2. The first-order valence-electron chi connectivity index (χ1n) is 5.57. The number of hydrogen-bond acceptors (Lipinski definition) is 3. The molecule has 0 unspecified atom stereocenters. The highest BCUT2D eigenvalue weighted by molar-refractivity contribution is 5.89. The van der Waals surface area contributed by atoms with Gasteiger partial charge in [-0.3, -0.25) is 0 Å². The summed E-state index contributed by atoms with van der Waals surface area (Å²) < 4.78 is 43.9. The molecule has 0 radical (unpaired) electrons. The Morgan fingerprint density at radius 3 is 2.74 bits per heavy atom. The summed E-state index contributed by atoms with van der Waals surface area (Å²) in [6.07, 6.45) is -3.20. The number of fused-ring (bicyclic) bond motifs is 1. The molecule has 2 rings (SSSR count). The number of aromatic nitrogens is 2. The predicted molar refractivity (Wildman–Crippen MR) is 60.9 cm³/mol. The van der Waals surface area contributed by atoms with E-state index in [1.165, 1.54) is 10.6 Å². The number of halogens is 3. The molecule has 0 atom stereocenters. The number of alkyl halides is 3. The summed E-state index contributed by atoms with van der Waals surface area (Å²) >= 11 is 0. The van der Waals surface area contributed by atoms with E-state index in [-0.39, 0.29) is 17.9 Å². The molecular weight excluding hydrogens is 261 g/mol. The molecule has 2 heterocycles. The van der Waals surface area contributed by atoms with E-state index in [1.54, 1.807) is 13.8 Å². The molecule has 0 bridgehead atoms. The van der Waals surface area contributed by atoms with E-state index in [9.17, 15) is 18.0 Å². The number of ether oxygens (including phenoxy) is 1. The second-order valence-electron chi connectivity index (χ2n) is 3.91. The van der Waals surface area contributed by atoms with Crippen LogP contribution in [-0.2, 0) is 10.9 Å². The number of aryl methyl sites for hydroxylation is 1. The maximum atomic E-state index is 12.6. The lowest BCUT2D eigenvalue weighted by molar-refractivity contribution is -0.137. The lowest BCUT2D eigenvalue weighted by atomic mass is 10.2. The van der Waals surface area contributed by atoms with Gasteiger partial charge in [0.05, 0.1) is 17.9 Å². The summed E-state index contributed by atoms with van der Waals surface area (Å²) in [4.78, 5) is 15.5. The smallest absolute Gasteiger partial charge is 0.416 e. The first kappa shape index (κ1) is 13.4. The minimum Gasteiger partial charge on any atom is -0.461 e. The molecule has 0 aliphatic rings. The van der Waals surface area contributed by atoms with Gasteiger partial charge in [-0.05, 0) is 26.0 Å². The number of hydrogen-bond donors (Lipinski definition) is 0. The van der Waals surface area contributed by atoms with E-state index < -0.39 is 17.7 Å². The minimum atomic E-state index is -4.44. The third-order valence-corrected chi connectivity index (χ3v) is 2.66. The van der Waals surface area contributed by atoms with Gasteiger partial charge in [-0.2, -0.15) is 13.2 Å². The Bertz CT molecular complexity index is 632. The minimum absolute atomic E-state index is 0.0289. The van der Waals surface area contributed by atoms with Crippen molar-refractivity contribution in [3.63, 3.8) is 0 Å². The van der Waals surface area contributed by atoms with E-state index in [2.05, 4.69) is 4.98 Å². The average Bonchev–Trinajstić information content (AvgIpc) is 2.66. The van der Waals surface area contributed by atoms with E-state index in [0.717, 1.165) is 12.1 Å². The van der Waals surface area contributed by atoms with Gasteiger partial charge >= 0.3 is 12.1 Å². The molecule has 0 aromatic carbocycles. The monoisotopic (exact) mass is 272 g/mol.